The van der Waals surface area contributed by atoms with Crippen LogP contribution in [0.3, 0.4) is 0 Å². The van der Waals surface area contributed by atoms with Crippen molar-refractivity contribution in [3.8, 4) is 28.2 Å². The van der Waals surface area contributed by atoms with E-state index in [1.807, 2.05) is 0 Å². The number of rotatable bonds is 2. The fraction of sp³-hybridized carbons (Fsp3) is 0.125. The van der Waals surface area contributed by atoms with Crippen molar-refractivity contribution in [2.45, 2.75) is 32.1 Å². The van der Waals surface area contributed by atoms with Crippen molar-refractivity contribution in [3.63, 3.8) is 0 Å². The number of fused-ring (bicyclic) bond motifs is 11. The Morgan fingerprint density at radius 1 is 0.690 bits per heavy atom. The molecule has 0 saturated carbocycles. The molecule has 2 heterocycles. The second-order valence-corrected chi connectivity index (χ2v) is 12.2. The molecule has 2 heteroatoms. The summed E-state index contributed by atoms with van der Waals surface area (Å²) in [6.07, 6.45) is 6.99. The Balaban J connectivity index is 1.53. The van der Waals surface area contributed by atoms with E-state index in [1.54, 1.807) is 0 Å². The Labute approximate surface area is 244 Å². The Bertz CT molecular complexity index is 2370. The molecule has 2 nitrogen and oxygen atoms in total. The van der Waals surface area contributed by atoms with E-state index in [9.17, 15) is 0 Å². The fourth-order valence-electron chi connectivity index (χ4n) is 7.77. The molecule has 0 N–H and O–H groups in total. The molecule has 0 aliphatic heterocycles. The molecular weight excluding hydrogens is 508 g/mol. The van der Waals surface area contributed by atoms with Gasteiger partial charge >= 0.3 is 0 Å². The minimum atomic E-state index is -0.161. The minimum Gasteiger partial charge on any atom is -0.294 e. The van der Waals surface area contributed by atoms with Crippen LogP contribution in [0.5, 0.6) is 0 Å². The second kappa shape index (κ2) is 8.53. The monoisotopic (exact) mass is 538 g/mol. The number of benzene rings is 5. The maximum atomic E-state index is 5.50. The number of pyridine rings is 1. The molecule has 2 aliphatic rings. The molecule has 0 unspecified atom stereocenters. The van der Waals surface area contributed by atoms with E-state index in [-0.39, 0.29) is 5.41 Å². The highest BCUT2D eigenvalue weighted by molar-refractivity contribution is 6.18. The summed E-state index contributed by atoms with van der Waals surface area (Å²) in [6.45, 7) is 4.80. The van der Waals surface area contributed by atoms with Gasteiger partial charge in [0.1, 0.15) is 5.82 Å². The van der Waals surface area contributed by atoms with Crippen molar-refractivity contribution in [1.29, 1.82) is 0 Å². The predicted octanol–water partition coefficient (Wildman–Crippen LogP) is 8.66. The summed E-state index contributed by atoms with van der Waals surface area (Å²) in [5.41, 5.74) is 8.83. The maximum absolute atomic E-state index is 5.50. The third-order valence-electron chi connectivity index (χ3n) is 9.55. The molecule has 0 radical (unpaired) electrons. The molecule has 0 atom stereocenters. The smallest absolute Gasteiger partial charge is 0.138 e. The van der Waals surface area contributed by atoms with Crippen molar-refractivity contribution in [1.82, 2.24) is 9.55 Å². The molecular formula is C40H30N2. The van der Waals surface area contributed by atoms with Crippen molar-refractivity contribution >= 4 is 44.6 Å². The largest absolute Gasteiger partial charge is 0.294 e. The lowest BCUT2D eigenvalue weighted by Crippen LogP contribution is -2.30. The van der Waals surface area contributed by atoms with Crippen molar-refractivity contribution < 1.29 is 0 Å². The van der Waals surface area contributed by atoms with Gasteiger partial charge in [-0.1, -0.05) is 129 Å². The van der Waals surface area contributed by atoms with Crippen LogP contribution in [0, 0.1) is 0 Å². The van der Waals surface area contributed by atoms with E-state index in [0.717, 1.165) is 29.9 Å². The first-order chi connectivity index (χ1) is 20.6. The van der Waals surface area contributed by atoms with Crippen molar-refractivity contribution in [3.05, 3.63) is 131 Å². The topological polar surface area (TPSA) is 17.8 Å². The normalized spacial score (nSPS) is 14.8. The molecule has 5 aromatic carbocycles. The SMILES string of the molecule is CC1(C)c2ccccc2-c2c1c1c(c3c(n1-c1cc4ccccc4c(-c4ccccc4)n1)=CCCC=3)c1ccccc21. The Hall–Kier alpha value is -4.95. The molecule has 200 valence electrons. The zero-order valence-electron chi connectivity index (χ0n) is 23.9. The highest BCUT2D eigenvalue weighted by atomic mass is 15.1. The summed E-state index contributed by atoms with van der Waals surface area (Å²) >= 11 is 0. The molecule has 2 aromatic heterocycles. The van der Waals surface area contributed by atoms with Gasteiger partial charge in [0.2, 0.25) is 0 Å². The van der Waals surface area contributed by atoms with Crippen LogP contribution in [-0.4, -0.2) is 9.55 Å². The lowest BCUT2D eigenvalue weighted by atomic mass is 9.80. The number of aromatic nitrogens is 2. The average Bonchev–Trinajstić information content (AvgIpc) is 3.50. The van der Waals surface area contributed by atoms with Gasteiger partial charge in [0.25, 0.3) is 0 Å². The molecule has 0 fully saturated rings. The summed E-state index contributed by atoms with van der Waals surface area (Å²) in [5, 5.41) is 9.01. The van der Waals surface area contributed by atoms with E-state index in [2.05, 4.69) is 140 Å². The molecule has 7 aromatic rings. The van der Waals surface area contributed by atoms with E-state index >= 15 is 0 Å². The van der Waals surface area contributed by atoms with Crippen LogP contribution < -0.4 is 10.6 Å². The van der Waals surface area contributed by atoms with Gasteiger partial charge in [-0.25, -0.2) is 4.98 Å². The molecule has 0 bridgehead atoms. The molecule has 42 heavy (non-hydrogen) atoms. The first-order valence-corrected chi connectivity index (χ1v) is 15.0. The third-order valence-corrected chi connectivity index (χ3v) is 9.55. The molecule has 0 saturated heterocycles. The lowest BCUT2D eigenvalue weighted by molar-refractivity contribution is 0.663. The number of hydrogen-bond acceptors (Lipinski definition) is 1. The fourth-order valence-corrected chi connectivity index (χ4v) is 7.77. The van der Waals surface area contributed by atoms with Gasteiger partial charge in [-0.05, 0) is 57.3 Å². The summed E-state index contributed by atoms with van der Waals surface area (Å²) in [5.74, 6) is 0.981. The standard InChI is InChI=1S/C40H30N2/c1-40(2)32-22-12-10-20-30(32)35-28-18-8-9-19-29(28)36-31-21-11-13-23-33(31)42(39(36)37(35)40)34-24-26-16-6-7-17-27(26)38(41-34)25-14-4-3-5-15-25/h3-10,12,14-24H,11,13H2,1-2H3. The van der Waals surface area contributed by atoms with E-state index in [0.29, 0.717) is 0 Å². The highest BCUT2D eigenvalue weighted by Crippen LogP contribution is 2.54. The minimum absolute atomic E-state index is 0.161. The summed E-state index contributed by atoms with van der Waals surface area (Å²) < 4.78 is 2.50. The third kappa shape index (κ3) is 3.07. The quantitative estimate of drug-likeness (QED) is 0.215. The van der Waals surface area contributed by atoms with E-state index < -0.39 is 0 Å². The van der Waals surface area contributed by atoms with Crippen LogP contribution >= 0.6 is 0 Å². The Morgan fingerprint density at radius 2 is 1.38 bits per heavy atom. The first-order valence-electron chi connectivity index (χ1n) is 15.0. The predicted molar refractivity (Wildman–Crippen MR) is 176 cm³/mol. The summed E-state index contributed by atoms with van der Waals surface area (Å²) in [6, 6.07) is 39.6. The van der Waals surface area contributed by atoms with Gasteiger partial charge in [0, 0.05) is 27.0 Å². The average molecular weight is 539 g/mol. The van der Waals surface area contributed by atoms with Crippen LogP contribution in [0.15, 0.2) is 109 Å². The van der Waals surface area contributed by atoms with E-state index in [1.165, 1.54) is 65.3 Å². The zero-order valence-corrected chi connectivity index (χ0v) is 23.9. The lowest BCUT2D eigenvalue weighted by Gasteiger charge is -2.24. The van der Waals surface area contributed by atoms with E-state index in [4.69, 9.17) is 4.98 Å². The second-order valence-electron chi connectivity index (χ2n) is 12.2. The van der Waals surface area contributed by atoms with Gasteiger partial charge in [-0.2, -0.15) is 0 Å². The van der Waals surface area contributed by atoms with Crippen molar-refractivity contribution in [2.24, 2.45) is 0 Å². The zero-order chi connectivity index (χ0) is 28.0. The van der Waals surface area contributed by atoms with Gasteiger partial charge in [-0.3, -0.25) is 4.57 Å². The number of nitrogens with zero attached hydrogens (tertiary/aromatic N) is 2. The van der Waals surface area contributed by atoms with Gasteiger partial charge in [0.15, 0.2) is 0 Å². The molecule has 9 rings (SSSR count). The van der Waals surface area contributed by atoms with Gasteiger partial charge in [0.05, 0.1) is 16.6 Å². The van der Waals surface area contributed by atoms with Crippen LogP contribution in [0.25, 0.3) is 72.8 Å². The van der Waals surface area contributed by atoms with Crippen LogP contribution in [0.4, 0.5) is 0 Å². The van der Waals surface area contributed by atoms with Crippen LogP contribution in [0.2, 0.25) is 0 Å². The first kappa shape index (κ1) is 23.7. The highest BCUT2D eigenvalue weighted by Gasteiger charge is 2.40. The summed E-state index contributed by atoms with van der Waals surface area (Å²) in [4.78, 5) is 5.50. The van der Waals surface area contributed by atoms with Crippen LogP contribution in [-0.2, 0) is 5.41 Å². The maximum Gasteiger partial charge on any atom is 0.138 e. The molecule has 0 spiro atoms. The number of hydrogen-bond donors (Lipinski definition) is 0. The summed E-state index contributed by atoms with van der Waals surface area (Å²) in [7, 11) is 0. The van der Waals surface area contributed by atoms with Gasteiger partial charge in [-0.15, -0.1) is 0 Å². The molecule has 0 amide bonds. The van der Waals surface area contributed by atoms with Gasteiger partial charge < -0.3 is 0 Å². The Kier molecular flexibility index (Phi) is 4.82. The van der Waals surface area contributed by atoms with Crippen LogP contribution in [0.1, 0.15) is 37.8 Å². The molecule has 2 aliphatic carbocycles. The van der Waals surface area contributed by atoms with Crippen molar-refractivity contribution in [2.75, 3.05) is 0 Å². The Morgan fingerprint density at radius 3 is 2.24 bits per heavy atom.